The largest absolute Gasteiger partial charge is 0.507 e. The highest BCUT2D eigenvalue weighted by molar-refractivity contribution is 6.51. The second-order valence-electron chi connectivity index (χ2n) is 9.97. The number of phenols is 1. The summed E-state index contributed by atoms with van der Waals surface area (Å²) in [5.74, 6) is -1.23. The Morgan fingerprint density at radius 2 is 1.66 bits per heavy atom. The van der Waals surface area contributed by atoms with Crippen molar-refractivity contribution in [2.24, 2.45) is 0 Å². The smallest absolute Gasteiger partial charge is 0.300 e. The molecule has 0 saturated carbocycles. The van der Waals surface area contributed by atoms with Crippen molar-refractivity contribution in [1.82, 2.24) is 0 Å². The highest BCUT2D eigenvalue weighted by Crippen LogP contribution is 2.45. The van der Waals surface area contributed by atoms with Crippen LogP contribution in [0.25, 0.3) is 5.76 Å². The molecular weight excluding hydrogens is 506 g/mol. The van der Waals surface area contributed by atoms with E-state index in [-0.39, 0.29) is 28.2 Å². The Kier molecular flexibility index (Phi) is 7.42. The van der Waals surface area contributed by atoms with Crippen LogP contribution in [0, 0.1) is 0 Å². The van der Waals surface area contributed by atoms with Gasteiger partial charge in [-0.2, -0.15) is 0 Å². The molecule has 1 aliphatic rings. The molecule has 4 rings (SSSR count). The fourth-order valence-electron chi connectivity index (χ4n) is 4.59. The summed E-state index contributed by atoms with van der Waals surface area (Å²) in [7, 11) is 1.42. The normalized spacial score (nSPS) is 17.1. The maximum absolute atomic E-state index is 13.5. The molecule has 1 fully saturated rings. The van der Waals surface area contributed by atoms with Crippen molar-refractivity contribution >= 4 is 34.7 Å². The van der Waals surface area contributed by atoms with Crippen LogP contribution in [0.1, 0.15) is 50.4 Å². The van der Waals surface area contributed by atoms with Crippen LogP contribution in [0.4, 0.5) is 5.69 Å². The van der Waals surface area contributed by atoms with Gasteiger partial charge in [-0.15, -0.1) is 0 Å². The van der Waals surface area contributed by atoms with Gasteiger partial charge < -0.3 is 19.7 Å². The second kappa shape index (κ2) is 10.4. The predicted octanol–water partition coefficient (Wildman–Crippen LogP) is 6.38. The molecule has 7 nitrogen and oxygen atoms in total. The van der Waals surface area contributed by atoms with Crippen LogP contribution < -0.4 is 14.4 Å². The lowest BCUT2D eigenvalue weighted by Gasteiger charge is -2.26. The van der Waals surface area contributed by atoms with Crippen molar-refractivity contribution in [2.75, 3.05) is 18.6 Å². The van der Waals surface area contributed by atoms with Gasteiger partial charge in [0.15, 0.2) is 11.5 Å². The Bertz CT molecular complexity index is 1420. The Balaban J connectivity index is 1.96. The van der Waals surface area contributed by atoms with Gasteiger partial charge in [0.05, 0.1) is 25.3 Å². The van der Waals surface area contributed by atoms with Crippen molar-refractivity contribution in [3.63, 3.8) is 0 Å². The molecule has 2 N–H and O–H groups in total. The number of hydrogen-bond acceptors (Lipinski definition) is 6. The fourth-order valence-corrected chi connectivity index (χ4v) is 4.72. The summed E-state index contributed by atoms with van der Waals surface area (Å²) in [5.41, 5.74) is 1.62. The SMILES string of the molecule is CCOc1ccc(/C(O)=C2/C(=O)C(=O)N(c3ccc(Cl)cc3)C2c2ccc(OC)c(O)c2)cc1C(C)(C)C. The number of hydrogen-bond donors (Lipinski definition) is 2. The number of aromatic hydroxyl groups is 1. The summed E-state index contributed by atoms with van der Waals surface area (Å²) in [6, 6.07) is 15.3. The molecule has 3 aromatic carbocycles. The molecule has 3 aromatic rings. The Labute approximate surface area is 226 Å². The number of halogens is 1. The van der Waals surface area contributed by atoms with E-state index >= 15 is 0 Å². The molecule has 0 spiro atoms. The van der Waals surface area contributed by atoms with Gasteiger partial charge in [0.1, 0.15) is 11.5 Å². The summed E-state index contributed by atoms with van der Waals surface area (Å²) in [4.78, 5) is 28.1. The molecule has 1 unspecified atom stereocenters. The zero-order valence-electron chi connectivity index (χ0n) is 21.9. The summed E-state index contributed by atoms with van der Waals surface area (Å²) in [6.45, 7) is 8.43. The number of phenolic OH excluding ortho intramolecular Hbond substituents is 1. The minimum absolute atomic E-state index is 0.0986. The maximum Gasteiger partial charge on any atom is 0.300 e. The Morgan fingerprint density at radius 1 is 1.00 bits per heavy atom. The second-order valence-corrected chi connectivity index (χ2v) is 10.4. The summed E-state index contributed by atoms with van der Waals surface area (Å²) >= 11 is 6.06. The van der Waals surface area contributed by atoms with Crippen LogP contribution in [0.3, 0.4) is 0 Å². The summed E-state index contributed by atoms with van der Waals surface area (Å²) < 4.78 is 11.0. The molecule has 1 aliphatic heterocycles. The van der Waals surface area contributed by atoms with E-state index in [1.165, 1.54) is 18.1 Å². The fraction of sp³-hybridized carbons (Fsp3) is 0.267. The van der Waals surface area contributed by atoms with Crippen LogP contribution in [0.2, 0.25) is 5.02 Å². The van der Waals surface area contributed by atoms with E-state index in [1.807, 2.05) is 27.7 Å². The summed E-state index contributed by atoms with van der Waals surface area (Å²) in [6.07, 6.45) is 0. The number of amides is 1. The molecule has 0 aliphatic carbocycles. The third-order valence-electron chi connectivity index (χ3n) is 6.43. The molecule has 0 aromatic heterocycles. The molecule has 1 amide bonds. The van der Waals surface area contributed by atoms with Crippen molar-refractivity contribution in [3.8, 4) is 17.2 Å². The number of aliphatic hydroxyl groups excluding tert-OH is 1. The van der Waals surface area contributed by atoms with E-state index in [1.54, 1.807) is 54.6 Å². The monoisotopic (exact) mass is 535 g/mol. The predicted molar refractivity (Wildman–Crippen MR) is 147 cm³/mol. The number of methoxy groups -OCH3 is 1. The number of ketones is 1. The third-order valence-corrected chi connectivity index (χ3v) is 6.68. The highest BCUT2D eigenvalue weighted by Gasteiger charge is 2.47. The van der Waals surface area contributed by atoms with Crippen LogP contribution in [-0.4, -0.2) is 35.6 Å². The first kappa shape index (κ1) is 27.1. The van der Waals surface area contributed by atoms with Crippen molar-refractivity contribution in [3.05, 3.63) is 87.9 Å². The van der Waals surface area contributed by atoms with Crippen LogP contribution in [-0.2, 0) is 15.0 Å². The van der Waals surface area contributed by atoms with E-state index in [4.69, 9.17) is 21.1 Å². The van der Waals surface area contributed by atoms with E-state index < -0.39 is 17.7 Å². The van der Waals surface area contributed by atoms with Crippen LogP contribution >= 0.6 is 11.6 Å². The molecular formula is C30H30ClNO6. The molecule has 8 heteroatoms. The standard InChI is InChI=1S/C30H30ClNO6/c1-6-38-23-13-8-18(15-21(23)30(2,3)4)27(34)25-26(17-7-14-24(37-5)22(33)16-17)32(29(36)28(25)35)20-11-9-19(31)10-12-20/h7-16,26,33-34H,6H2,1-5H3/b27-25-. The average molecular weight is 536 g/mol. The Hall–Kier alpha value is -3.97. The molecule has 1 atom stereocenters. The molecule has 198 valence electrons. The maximum atomic E-state index is 13.5. The first-order chi connectivity index (χ1) is 18.0. The van der Waals surface area contributed by atoms with E-state index in [0.717, 1.165) is 5.56 Å². The lowest BCUT2D eigenvalue weighted by atomic mass is 9.84. The van der Waals surface area contributed by atoms with Gasteiger partial charge in [-0.25, -0.2) is 0 Å². The number of benzene rings is 3. The number of rotatable bonds is 6. The number of carbonyl (C=O) groups excluding carboxylic acids is 2. The van der Waals surface area contributed by atoms with Crippen molar-refractivity contribution in [2.45, 2.75) is 39.2 Å². The van der Waals surface area contributed by atoms with Gasteiger partial charge in [0, 0.05) is 21.8 Å². The Morgan fingerprint density at radius 3 is 2.24 bits per heavy atom. The highest BCUT2D eigenvalue weighted by atomic mass is 35.5. The lowest BCUT2D eigenvalue weighted by molar-refractivity contribution is -0.132. The minimum Gasteiger partial charge on any atom is -0.507 e. The van der Waals surface area contributed by atoms with E-state index in [9.17, 15) is 19.8 Å². The number of Topliss-reactive ketones (excluding diaryl/α,β-unsaturated/α-hetero) is 1. The lowest BCUT2D eigenvalue weighted by Crippen LogP contribution is -2.29. The average Bonchev–Trinajstić information content (AvgIpc) is 3.14. The molecule has 38 heavy (non-hydrogen) atoms. The quantitative estimate of drug-likeness (QED) is 0.216. The zero-order chi connectivity index (χ0) is 27.8. The van der Waals surface area contributed by atoms with Crippen molar-refractivity contribution in [1.29, 1.82) is 0 Å². The number of ether oxygens (including phenoxy) is 2. The van der Waals surface area contributed by atoms with Gasteiger partial charge in [0.2, 0.25) is 0 Å². The van der Waals surface area contributed by atoms with Gasteiger partial charge in [-0.05, 0) is 72.5 Å². The molecule has 1 heterocycles. The number of aliphatic hydroxyl groups is 1. The van der Waals surface area contributed by atoms with Crippen molar-refractivity contribution < 1.29 is 29.3 Å². The third kappa shape index (κ3) is 4.94. The zero-order valence-corrected chi connectivity index (χ0v) is 22.7. The molecule has 1 saturated heterocycles. The summed E-state index contributed by atoms with van der Waals surface area (Å²) in [5, 5.41) is 22.5. The minimum atomic E-state index is -1.02. The number of anilines is 1. The number of nitrogens with zero attached hydrogens (tertiary/aromatic N) is 1. The molecule has 0 bridgehead atoms. The van der Waals surface area contributed by atoms with Crippen LogP contribution in [0.5, 0.6) is 17.2 Å². The van der Waals surface area contributed by atoms with Gasteiger partial charge in [0.25, 0.3) is 11.7 Å². The van der Waals surface area contributed by atoms with Gasteiger partial charge in [-0.3, -0.25) is 14.5 Å². The van der Waals surface area contributed by atoms with E-state index in [2.05, 4.69) is 0 Å². The van der Waals surface area contributed by atoms with Gasteiger partial charge >= 0.3 is 0 Å². The van der Waals surface area contributed by atoms with E-state index in [0.29, 0.717) is 34.2 Å². The molecule has 0 radical (unpaired) electrons. The first-order valence-electron chi connectivity index (χ1n) is 12.2. The van der Waals surface area contributed by atoms with Crippen LogP contribution in [0.15, 0.2) is 66.2 Å². The topological polar surface area (TPSA) is 96.3 Å². The van der Waals surface area contributed by atoms with Gasteiger partial charge in [-0.1, -0.05) is 38.4 Å². The first-order valence-corrected chi connectivity index (χ1v) is 12.6. The number of carbonyl (C=O) groups is 2.